The maximum Gasteiger partial charge on any atom is 0.185 e. The molecular formula is C17H19ClN6OS. The van der Waals surface area contributed by atoms with E-state index in [1.54, 1.807) is 12.1 Å². The minimum atomic E-state index is 0.443. The highest BCUT2D eigenvalue weighted by Gasteiger charge is 2.14. The number of benzene rings is 1. The van der Waals surface area contributed by atoms with E-state index in [2.05, 4.69) is 25.2 Å². The van der Waals surface area contributed by atoms with E-state index < -0.39 is 0 Å². The monoisotopic (exact) mass is 390 g/mol. The predicted octanol–water partition coefficient (Wildman–Crippen LogP) is 2.73. The summed E-state index contributed by atoms with van der Waals surface area (Å²) in [6.07, 6.45) is 0. The number of nitrogen functional groups attached to an aromatic ring is 1. The Labute approximate surface area is 160 Å². The van der Waals surface area contributed by atoms with E-state index in [1.807, 2.05) is 12.1 Å². The maximum atomic E-state index is 6.13. The lowest BCUT2D eigenvalue weighted by molar-refractivity contribution is 0.0398. The van der Waals surface area contributed by atoms with Crippen molar-refractivity contribution in [2.45, 2.75) is 0 Å². The Morgan fingerprint density at radius 1 is 1.15 bits per heavy atom. The average molecular weight is 391 g/mol. The van der Waals surface area contributed by atoms with Crippen LogP contribution in [0.25, 0.3) is 21.7 Å². The van der Waals surface area contributed by atoms with Gasteiger partial charge >= 0.3 is 0 Å². The summed E-state index contributed by atoms with van der Waals surface area (Å²) in [4.78, 5) is 15.9. The standard InChI is InChI=1S/C17H19ClN6OS/c18-12-3-1-11(2-4-12)15-21-14(19)13-16(22-15)23-17(26-13)20-5-6-24-7-9-25-10-8-24/h1-4H,5-10H2,(H3,19,20,21,22,23). The van der Waals surface area contributed by atoms with Gasteiger partial charge in [0.15, 0.2) is 16.6 Å². The van der Waals surface area contributed by atoms with E-state index in [0.717, 1.165) is 54.8 Å². The van der Waals surface area contributed by atoms with Crippen molar-refractivity contribution in [1.29, 1.82) is 0 Å². The van der Waals surface area contributed by atoms with E-state index in [0.29, 0.717) is 22.3 Å². The first-order valence-corrected chi connectivity index (χ1v) is 9.62. The van der Waals surface area contributed by atoms with Crippen LogP contribution in [0.3, 0.4) is 0 Å². The lowest BCUT2D eigenvalue weighted by Crippen LogP contribution is -2.38. The van der Waals surface area contributed by atoms with E-state index in [-0.39, 0.29) is 0 Å². The molecule has 0 radical (unpaired) electrons. The summed E-state index contributed by atoms with van der Waals surface area (Å²) in [6, 6.07) is 7.36. The number of nitrogens with one attached hydrogen (secondary N) is 1. The molecule has 26 heavy (non-hydrogen) atoms. The third-order valence-electron chi connectivity index (χ3n) is 4.19. The fourth-order valence-electron chi connectivity index (χ4n) is 2.79. The minimum Gasteiger partial charge on any atom is -0.382 e. The van der Waals surface area contributed by atoms with Gasteiger partial charge in [0.2, 0.25) is 0 Å². The summed E-state index contributed by atoms with van der Waals surface area (Å²) in [7, 11) is 0. The lowest BCUT2D eigenvalue weighted by atomic mass is 10.2. The molecule has 136 valence electrons. The number of hydrogen-bond donors (Lipinski definition) is 2. The molecule has 0 saturated carbocycles. The molecule has 0 spiro atoms. The smallest absolute Gasteiger partial charge is 0.185 e. The summed E-state index contributed by atoms with van der Waals surface area (Å²) in [5.41, 5.74) is 7.60. The van der Waals surface area contributed by atoms with Crippen LogP contribution in [-0.4, -0.2) is 59.2 Å². The summed E-state index contributed by atoms with van der Waals surface area (Å²) in [5, 5.41) is 4.84. The highest BCUT2D eigenvalue weighted by Crippen LogP contribution is 2.30. The quantitative estimate of drug-likeness (QED) is 0.692. The van der Waals surface area contributed by atoms with E-state index in [4.69, 9.17) is 22.1 Å². The Bertz CT molecular complexity index is 894. The molecule has 1 aromatic carbocycles. The molecule has 9 heteroatoms. The van der Waals surface area contributed by atoms with Crippen molar-refractivity contribution < 1.29 is 4.74 Å². The molecule has 4 rings (SSSR count). The van der Waals surface area contributed by atoms with Crippen LogP contribution in [-0.2, 0) is 4.74 Å². The second kappa shape index (κ2) is 7.71. The highest BCUT2D eigenvalue weighted by atomic mass is 35.5. The zero-order valence-electron chi connectivity index (χ0n) is 14.1. The fraction of sp³-hybridized carbons (Fsp3) is 0.353. The average Bonchev–Trinajstić information content (AvgIpc) is 3.07. The van der Waals surface area contributed by atoms with E-state index in [9.17, 15) is 0 Å². The van der Waals surface area contributed by atoms with Gasteiger partial charge in [-0.05, 0) is 24.3 Å². The Morgan fingerprint density at radius 3 is 2.69 bits per heavy atom. The number of rotatable bonds is 5. The van der Waals surface area contributed by atoms with Crippen LogP contribution < -0.4 is 11.1 Å². The molecule has 0 amide bonds. The number of hydrogen-bond acceptors (Lipinski definition) is 8. The molecule has 0 aliphatic carbocycles. The Kier molecular flexibility index (Phi) is 5.16. The molecular weight excluding hydrogens is 372 g/mol. The van der Waals surface area contributed by atoms with Crippen LogP contribution in [0, 0.1) is 0 Å². The number of morpholine rings is 1. The topological polar surface area (TPSA) is 89.2 Å². The first kappa shape index (κ1) is 17.4. The molecule has 1 aliphatic rings. The number of fused-ring (bicyclic) bond motifs is 1. The highest BCUT2D eigenvalue weighted by molar-refractivity contribution is 7.22. The second-order valence-electron chi connectivity index (χ2n) is 5.99. The summed E-state index contributed by atoms with van der Waals surface area (Å²) >= 11 is 7.42. The molecule has 0 bridgehead atoms. The van der Waals surface area contributed by atoms with Crippen molar-refractivity contribution in [1.82, 2.24) is 19.9 Å². The molecule has 3 heterocycles. The summed E-state index contributed by atoms with van der Waals surface area (Å²) in [6.45, 7) is 5.34. The number of nitrogens with zero attached hydrogens (tertiary/aromatic N) is 4. The van der Waals surface area contributed by atoms with Gasteiger partial charge in [-0.15, -0.1) is 0 Å². The minimum absolute atomic E-state index is 0.443. The number of ether oxygens (including phenoxy) is 1. The third kappa shape index (κ3) is 3.88. The van der Waals surface area contributed by atoms with Gasteiger partial charge in [0.25, 0.3) is 0 Å². The van der Waals surface area contributed by atoms with Crippen molar-refractivity contribution in [2.75, 3.05) is 50.4 Å². The van der Waals surface area contributed by atoms with Crippen molar-refractivity contribution >= 4 is 44.2 Å². The molecule has 0 atom stereocenters. The van der Waals surface area contributed by atoms with Gasteiger partial charge in [0.05, 0.1) is 13.2 Å². The third-order valence-corrected chi connectivity index (χ3v) is 5.47. The molecule has 1 fully saturated rings. The number of halogens is 1. The van der Waals surface area contributed by atoms with Gasteiger partial charge in [-0.3, -0.25) is 4.90 Å². The summed E-state index contributed by atoms with van der Waals surface area (Å²) in [5.74, 6) is 0.996. The van der Waals surface area contributed by atoms with Gasteiger partial charge in [0, 0.05) is 36.8 Å². The molecule has 1 aliphatic heterocycles. The van der Waals surface area contributed by atoms with Crippen molar-refractivity contribution in [3.63, 3.8) is 0 Å². The van der Waals surface area contributed by atoms with Crippen molar-refractivity contribution in [3.8, 4) is 11.4 Å². The van der Waals surface area contributed by atoms with Gasteiger partial charge < -0.3 is 15.8 Å². The van der Waals surface area contributed by atoms with Gasteiger partial charge in [-0.25, -0.2) is 9.97 Å². The predicted molar refractivity (Wildman–Crippen MR) is 106 cm³/mol. The molecule has 0 unspecified atom stereocenters. The Morgan fingerprint density at radius 2 is 1.92 bits per heavy atom. The first-order chi connectivity index (χ1) is 12.7. The number of anilines is 2. The van der Waals surface area contributed by atoms with Gasteiger partial charge in [-0.2, -0.15) is 4.98 Å². The van der Waals surface area contributed by atoms with Crippen LogP contribution in [0.2, 0.25) is 5.02 Å². The van der Waals surface area contributed by atoms with Crippen LogP contribution in [0.4, 0.5) is 10.9 Å². The molecule has 1 saturated heterocycles. The Balaban J connectivity index is 1.49. The molecule has 3 N–H and O–H groups in total. The van der Waals surface area contributed by atoms with Crippen LogP contribution in [0.15, 0.2) is 24.3 Å². The number of aromatic nitrogens is 3. The normalized spacial score (nSPS) is 15.4. The van der Waals surface area contributed by atoms with E-state index >= 15 is 0 Å². The van der Waals surface area contributed by atoms with Crippen molar-refractivity contribution in [2.24, 2.45) is 0 Å². The molecule has 3 aromatic rings. The largest absolute Gasteiger partial charge is 0.382 e. The van der Waals surface area contributed by atoms with Crippen molar-refractivity contribution in [3.05, 3.63) is 29.3 Å². The molecule has 7 nitrogen and oxygen atoms in total. The zero-order valence-corrected chi connectivity index (χ0v) is 15.7. The van der Waals surface area contributed by atoms with Crippen LogP contribution in [0.1, 0.15) is 0 Å². The van der Waals surface area contributed by atoms with Gasteiger partial charge in [0.1, 0.15) is 10.5 Å². The Hall–Kier alpha value is -2.00. The second-order valence-corrected chi connectivity index (χ2v) is 7.43. The van der Waals surface area contributed by atoms with Crippen LogP contribution >= 0.6 is 22.9 Å². The number of thiazole rings is 1. The number of nitrogens with two attached hydrogens (primary N) is 1. The van der Waals surface area contributed by atoms with Gasteiger partial charge in [-0.1, -0.05) is 22.9 Å². The zero-order chi connectivity index (χ0) is 17.9. The maximum absolute atomic E-state index is 6.13. The lowest BCUT2D eigenvalue weighted by Gasteiger charge is -2.26. The van der Waals surface area contributed by atoms with Crippen LogP contribution in [0.5, 0.6) is 0 Å². The first-order valence-electron chi connectivity index (χ1n) is 8.43. The molecule has 2 aromatic heterocycles. The fourth-order valence-corrected chi connectivity index (χ4v) is 3.75. The SMILES string of the molecule is Nc1nc(-c2ccc(Cl)cc2)nc2nc(NCCN3CCOCC3)sc12. The van der Waals surface area contributed by atoms with E-state index in [1.165, 1.54) is 11.3 Å². The summed E-state index contributed by atoms with van der Waals surface area (Å²) < 4.78 is 6.17.